The molecule has 0 fully saturated rings. The minimum absolute atomic E-state index is 0.103. The highest BCUT2D eigenvalue weighted by atomic mass is 32.2. The van der Waals surface area contributed by atoms with Gasteiger partial charge in [0.15, 0.2) is 11.7 Å². The number of benzene rings is 1. The van der Waals surface area contributed by atoms with Crippen LogP contribution in [0.25, 0.3) is 0 Å². The van der Waals surface area contributed by atoms with E-state index >= 15 is 0 Å². The van der Waals surface area contributed by atoms with Crippen molar-refractivity contribution in [3.05, 3.63) is 42.2 Å². The number of halogens is 1. The lowest BCUT2D eigenvalue weighted by Gasteiger charge is -2.05. The normalized spacial score (nSPS) is 13.2. The monoisotopic (exact) mass is 340 g/mol. The third-order valence-electron chi connectivity index (χ3n) is 2.36. The Kier molecular flexibility index (Phi) is 6.58. The van der Waals surface area contributed by atoms with Gasteiger partial charge in [-0.1, -0.05) is 18.2 Å². The van der Waals surface area contributed by atoms with Crippen molar-refractivity contribution in [1.29, 1.82) is 0 Å². The molecule has 1 aromatic rings. The van der Waals surface area contributed by atoms with Gasteiger partial charge in [0.25, 0.3) is 10.0 Å². The van der Waals surface area contributed by atoms with Crippen molar-refractivity contribution in [3.8, 4) is 0 Å². The fourth-order valence-electron chi connectivity index (χ4n) is 1.34. The molecule has 1 rings (SSSR count). The summed E-state index contributed by atoms with van der Waals surface area (Å²) in [6.07, 6.45) is 2.30. The standard InChI is InChI=1S/C14H17FN4O3S/c1-4-12(15)13(16-10-19(2)3)17-14(20)18-23(21,22)11-8-6-5-7-9-11/h4-10H,1-3H3,(H,18,20)/b12-4+,16-10?,17-13?. The first kappa shape index (κ1) is 18.5. The number of aliphatic imine (C=N–C) groups is 2. The number of rotatable bonds is 4. The summed E-state index contributed by atoms with van der Waals surface area (Å²) in [5.41, 5.74) is 0. The summed E-state index contributed by atoms with van der Waals surface area (Å²) in [5.74, 6) is -1.38. The van der Waals surface area contributed by atoms with Crippen LogP contribution < -0.4 is 4.72 Å². The van der Waals surface area contributed by atoms with E-state index in [2.05, 4.69) is 9.98 Å². The lowest BCUT2D eigenvalue weighted by Crippen LogP contribution is -2.28. The van der Waals surface area contributed by atoms with Crippen LogP contribution in [0.2, 0.25) is 0 Å². The summed E-state index contributed by atoms with van der Waals surface area (Å²) in [5, 5.41) is 0. The van der Waals surface area contributed by atoms with Crippen LogP contribution in [0, 0.1) is 0 Å². The van der Waals surface area contributed by atoms with E-state index in [-0.39, 0.29) is 4.90 Å². The summed E-state index contributed by atoms with van der Waals surface area (Å²) >= 11 is 0. The molecule has 0 radical (unpaired) electrons. The van der Waals surface area contributed by atoms with Crippen LogP contribution in [0.3, 0.4) is 0 Å². The smallest absolute Gasteiger partial charge is 0.356 e. The van der Waals surface area contributed by atoms with E-state index in [9.17, 15) is 17.6 Å². The molecule has 0 aromatic heterocycles. The predicted molar refractivity (Wildman–Crippen MR) is 86.6 cm³/mol. The minimum Gasteiger partial charge on any atom is -0.369 e. The molecule has 0 aliphatic heterocycles. The predicted octanol–water partition coefficient (Wildman–Crippen LogP) is 1.95. The average Bonchev–Trinajstić information content (AvgIpc) is 2.50. The van der Waals surface area contributed by atoms with E-state index in [1.807, 2.05) is 0 Å². The molecular formula is C14H17FN4O3S. The van der Waals surface area contributed by atoms with Crippen LogP contribution in [0.5, 0.6) is 0 Å². The first-order valence-electron chi connectivity index (χ1n) is 6.49. The van der Waals surface area contributed by atoms with Gasteiger partial charge in [0.05, 0.1) is 11.2 Å². The Morgan fingerprint density at radius 3 is 2.39 bits per heavy atom. The zero-order valence-electron chi connectivity index (χ0n) is 12.9. The van der Waals surface area contributed by atoms with Crippen LogP contribution in [-0.4, -0.2) is 45.6 Å². The Balaban J connectivity index is 3.02. The lowest BCUT2D eigenvalue weighted by molar-refractivity contribution is 0.254. The molecule has 7 nitrogen and oxygen atoms in total. The quantitative estimate of drug-likeness (QED) is 0.670. The number of carbonyl (C=O) groups is 1. The number of hydrogen-bond donors (Lipinski definition) is 1. The summed E-state index contributed by atoms with van der Waals surface area (Å²) in [7, 11) is -0.785. The van der Waals surface area contributed by atoms with Crippen LogP contribution >= 0.6 is 0 Å². The molecular weight excluding hydrogens is 323 g/mol. The second kappa shape index (κ2) is 8.18. The second-order valence-corrected chi connectivity index (χ2v) is 6.19. The highest BCUT2D eigenvalue weighted by Crippen LogP contribution is 2.08. The number of nitrogens with zero attached hydrogens (tertiary/aromatic N) is 3. The molecule has 1 aromatic carbocycles. The molecule has 0 saturated heterocycles. The maximum absolute atomic E-state index is 13.6. The van der Waals surface area contributed by atoms with Crippen LogP contribution in [0.1, 0.15) is 6.92 Å². The van der Waals surface area contributed by atoms with Crippen molar-refractivity contribution in [2.24, 2.45) is 9.98 Å². The number of amides is 2. The van der Waals surface area contributed by atoms with Crippen molar-refractivity contribution in [2.45, 2.75) is 11.8 Å². The third kappa shape index (κ3) is 5.99. The molecule has 0 aliphatic rings. The van der Waals surface area contributed by atoms with Crippen molar-refractivity contribution < 1.29 is 17.6 Å². The highest BCUT2D eigenvalue weighted by Gasteiger charge is 2.17. The number of urea groups is 1. The molecule has 0 bridgehead atoms. The van der Waals surface area contributed by atoms with Gasteiger partial charge in [0, 0.05) is 14.1 Å². The average molecular weight is 340 g/mol. The summed E-state index contributed by atoms with van der Waals surface area (Å²) in [6.45, 7) is 1.40. The molecule has 0 saturated carbocycles. The van der Waals surface area contributed by atoms with Gasteiger partial charge in [-0.05, 0) is 25.1 Å². The van der Waals surface area contributed by atoms with E-state index in [0.717, 1.165) is 6.08 Å². The van der Waals surface area contributed by atoms with Gasteiger partial charge in [-0.25, -0.2) is 27.3 Å². The molecule has 0 spiro atoms. The van der Waals surface area contributed by atoms with Gasteiger partial charge in [0.1, 0.15) is 0 Å². The van der Waals surface area contributed by atoms with Crippen molar-refractivity contribution in [1.82, 2.24) is 9.62 Å². The third-order valence-corrected chi connectivity index (χ3v) is 3.70. The van der Waals surface area contributed by atoms with Crippen molar-refractivity contribution in [2.75, 3.05) is 14.1 Å². The Hall–Kier alpha value is -2.55. The van der Waals surface area contributed by atoms with Crippen LogP contribution in [-0.2, 0) is 10.0 Å². The topological polar surface area (TPSA) is 91.2 Å². The molecule has 1 N–H and O–H groups in total. The fourth-order valence-corrected chi connectivity index (χ4v) is 2.24. The highest BCUT2D eigenvalue weighted by molar-refractivity contribution is 7.90. The molecule has 0 aliphatic carbocycles. The van der Waals surface area contributed by atoms with E-state index in [4.69, 9.17) is 0 Å². The molecule has 0 unspecified atom stereocenters. The number of carbonyl (C=O) groups excluding carboxylic acids is 1. The number of hydrogen-bond acceptors (Lipinski definition) is 3. The molecule has 2 amide bonds. The Morgan fingerprint density at radius 1 is 1.26 bits per heavy atom. The van der Waals surface area contributed by atoms with E-state index in [1.165, 1.54) is 42.4 Å². The summed E-state index contributed by atoms with van der Waals surface area (Å²) < 4.78 is 39.3. The number of sulfonamides is 1. The summed E-state index contributed by atoms with van der Waals surface area (Å²) in [6, 6.07) is 6.04. The van der Waals surface area contributed by atoms with Crippen LogP contribution in [0.15, 0.2) is 57.1 Å². The van der Waals surface area contributed by atoms with Crippen molar-refractivity contribution in [3.63, 3.8) is 0 Å². The Labute approximate surface area is 134 Å². The van der Waals surface area contributed by atoms with Gasteiger partial charge in [-0.15, -0.1) is 0 Å². The van der Waals surface area contributed by atoms with Gasteiger partial charge in [-0.3, -0.25) is 0 Å². The number of allylic oxidation sites excluding steroid dienone is 1. The zero-order chi connectivity index (χ0) is 17.5. The minimum atomic E-state index is -4.08. The molecule has 9 heteroatoms. The Bertz CT molecular complexity index is 741. The first-order chi connectivity index (χ1) is 10.8. The molecule has 0 heterocycles. The van der Waals surface area contributed by atoms with Gasteiger partial charge in [-0.2, -0.15) is 4.99 Å². The first-order valence-corrected chi connectivity index (χ1v) is 7.98. The molecule has 124 valence electrons. The van der Waals surface area contributed by atoms with E-state index < -0.39 is 27.7 Å². The molecule has 23 heavy (non-hydrogen) atoms. The van der Waals surface area contributed by atoms with E-state index in [0.29, 0.717) is 0 Å². The van der Waals surface area contributed by atoms with Gasteiger partial charge >= 0.3 is 6.03 Å². The maximum atomic E-state index is 13.6. The van der Waals surface area contributed by atoms with Crippen LogP contribution in [0.4, 0.5) is 9.18 Å². The SMILES string of the molecule is C/C=C(/F)C(N=CN(C)C)=NC(=O)NS(=O)(=O)c1ccccc1. The molecule has 0 atom stereocenters. The second-order valence-electron chi connectivity index (χ2n) is 4.50. The fraction of sp³-hybridized carbons (Fsp3) is 0.214. The zero-order valence-corrected chi connectivity index (χ0v) is 13.7. The van der Waals surface area contributed by atoms with Gasteiger partial charge in [0.2, 0.25) is 0 Å². The number of amidine groups is 1. The Morgan fingerprint density at radius 2 is 1.87 bits per heavy atom. The van der Waals surface area contributed by atoms with Gasteiger partial charge < -0.3 is 4.90 Å². The van der Waals surface area contributed by atoms with E-state index in [1.54, 1.807) is 24.9 Å². The largest absolute Gasteiger partial charge is 0.369 e. The number of nitrogens with one attached hydrogen (secondary N) is 1. The summed E-state index contributed by atoms with van der Waals surface area (Å²) in [4.78, 5) is 20.2. The lowest BCUT2D eigenvalue weighted by atomic mass is 10.4. The maximum Gasteiger partial charge on any atom is 0.356 e. The van der Waals surface area contributed by atoms with Crippen molar-refractivity contribution >= 4 is 28.2 Å².